The van der Waals surface area contributed by atoms with E-state index in [9.17, 15) is 0 Å². The van der Waals surface area contributed by atoms with Crippen LogP contribution in [0.25, 0.3) is 0 Å². The molecule has 0 aliphatic rings. The van der Waals surface area contributed by atoms with E-state index >= 15 is 0 Å². The molecule has 0 aromatic carbocycles. The fraction of sp³-hybridized carbons (Fsp3) is 1.00. The lowest BCUT2D eigenvalue weighted by Gasteiger charge is -2.32. The largest absolute Gasteiger partial charge is 1.00 e. The quantitative estimate of drug-likeness (QED) is 0.162. The molecule has 0 aromatic heterocycles. The first-order valence-corrected chi connectivity index (χ1v) is 8.68. The van der Waals surface area contributed by atoms with Crippen LogP contribution in [0.4, 0.5) is 0 Å². The maximum atomic E-state index is 2.38. The molecule has 22 heavy (non-hydrogen) atoms. The summed E-state index contributed by atoms with van der Waals surface area (Å²) < 4.78 is 2.37. The fourth-order valence-corrected chi connectivity index (χ4v) is 3.59. The Morgan fingerprint density at radius 1 is 0.545 bits per heavy atom. The summed E-state index contributed by atoms with van der Waals surface area (Å²) in [6.07, 6.45) is 5.58. The lowest BCUT2D eigenvalue weighted by Crippen LogP contribution is -3.00. The zero-order valence-electron chi connectivity index (χ0n) is 16.5. The first-order valence-electron chi connectivity index (χ1n) is 8.68. The summed E-state index contributed by atoms with van der Waals surface area (Å²) >= 11 is 0. The van der Waals surface area contributed by atoms with Crippen LogP contribution in [0, 0.1) is 11.8 Å². The van der Waals surface area contributed by atoms with E-state index in [1.54, 1.807) is 0 Å². The number of hydrogen-bond acceptors (Lipinski definition) is 0. The molecule has 0 unspecified atom stereocenters. The molecule has 0 saturated carbocycles. The van der Waals surface area contributed by atoms with E-state index < -0.39 is 0 Å². The van der Waals surface area contributed by atoms with Gasteiger partial charge in [0, 0.05) is 11.8 Å². The third-order valence-corrected chi connectivity index (χ3v) is 4.00. The summed E-state index contributed by atoms with van der Waals surface area (Å²) in [4.78, 5) is 0. The predicted molar refractivity (Wildman–Crippen MR) is 91.8 cm³/mol. The highest BCUT2D eigenvalue weighted by Gasteiger charge is 2.17. The highest BCUT2D eigenvalue weighted by atomic mass is 127. The van der Waals surface area contributed by atoms with E-state index in [-0.39, 0.29) is 48.0 Å². The van der Waals surface area contributed by atoms with Gasteiger partial charge in [0.25, 0.3) is 0 Å². The second-order valence-electron chi connectivity index (χ2n) is 8.89. The van der Waals surface area contributed by atoms with Crippen molar-refractivity contribution in [2.24, 2.45) is 11.8 Å². The summed E-state index contributed by atoms with van der Waals surface area (Å²) in [6, 6.07) is 0. The van der Waals surface area contributed by atoms with Crippen molar-refractivity contribution in [3.05, 3.63) is 0 Å². The Balaban J connectivity index is -0.00000180. The molecule has 0 heterocycles. The van der Waals surface area contributed by atoms with Gasteiger partial charge >= 0.3 is 0 Å². The summed E-state index contributed by atoms with van der Waals surface area (Å²) in [5, 5.41) is 0. The van der Waals surface area contributed by atoms with Gasteiger partial charge in [0.1, 0.15) is 0 Å². The van der Waals surface area contributed by atoms with Gasteiger partial charge in [0.15, 0.2) is 0 Å². The molecule has 0 aliphatic carbocycles. The van der Waals surface area contributed by atoms with Crippen LogP contribution in [0.2, 0.25) is 0 Å². The van der Waals surface area contributed by atoms with E-state index in [0.717, 1.165) is 11.8 Å². The number of nitrogens with zero attached hydrogens (tertiary/aromatic N) is 2. The Hall–Kier alpha value is 1.38. The van der Waals surface area contributed by atoms with Crippen LogP contribution in [-0.4, -0.2) is 63.3 Å². The van der Waals surface area contributed by atoms with Gasteiger partial charge in [-0.3, -0.25) is 0 Å². The number of quaternary nitrogens is 2. The molecule has 138 valence electrons. The van der Waals surface area contributed by atoms with Gasteiger partial charge in [0.05, 0.1) is 54.4 Å². The van der Waals surface area contributed by atoms with Crippen molar-refractivity contribution >= 4 is 0 Å². The molecule has 0 aliphatic heterocycles. The van der Waals surface area contributed by atoms with Crippen molar-refractivity contribution in [3.8, 4) is 0 Å². The molecular formula is C18H42I2N2. The molecule has 0 N–H and O–H groups in total. The SMILES string of the molecule is CC(C)C[N+](C)(C)CCCCCC[N+](C)(C)CC(C)C.[I-].[I-]. The van der Waals surface area contributed by atoms with Crippen molar-refractivity contribution in [2.45, 2.75) is 53.4 Å². The van der Waals surface area contributed by atoms with Gasteiger partial charge in [0.2, 0.25) is 0 Å². The normalized spacial score (nSPS) is 12.3. The smallest absolute Gasteiger partial charge is 0.0805 e. The molecule has 0 rings (SSSR count). The van der Waals surface area contributed by atoms with E-state index in [2.05, 4.69) is 55.9 Å². The number of unbranched alkanes of at least 4 members (excludes halogenated alkanes) is 3. The number of hydrogen-bond donors (Lipinski definition) is 0. The minimum atomic E-state index is 0. The van der Waals surface area contributed by atoms with E-state index in [1.165, 1.54) is 60.8 Å². The minimum absolute atomic E-state index is 0. The van der Waals surface area contributed by atoms with Gasteiger partial charge in [-0.25, -0.2) is 0 Å². The first kappa shape index (κ1) is 28.2. The standard InChI is InChI=1S/C18H42N2.2HI/c1-17(2)15-19(5,6)13-11-9-10-12-14-20(7,8)16-18(3)4;;/h17-18H,9-16H2,1-8H3;2*1H/q+2;;/p-2. The number of halogens is 2. The number of rotatable bonds is 11. The Labute approximate surface area is 175 Å². The van der Waals surface area contributed by atoms with E-state index in [0.29, 0.717) is 0 Å². The second kappa shape index (κ2) is 13.6. The zero-order valence-corrected chi connectivity index (χ0v) is 20.8. The minimum Gasteiger partial charge on any atom is -1.00 e. The van der Waals surface area contributed by atoms with Crippen molar-refractivity contribution < 1.29 is 56.9 Å². The summed E-state index contributed by atoms with van der Waals surface area (Å²) in [6.45, 7) is 14.6. The van der Waals surface area contributed by atoms with Crippen LogP contribution in [0.1, 0.15) is 53.4 Å². The van der Waals surface area contributed by atoms with Crippen LogP contribution in [-0.2, 0) is 0 Å². The summed E-state index contributed by atoms with van der Waals surface area (Å²) in [5.74, 6) is 1.61. The molecule has 0 aromatic rings. The maximum Gasteiger partial charge on any atom is 0.0805 e. The van der Waals surface area contributed by atoms with Gasteiger partial charge in [-0.2, -0.15) is 0 Å². The van der Waals surface area contributed by atoms with Crippen molar-refractivity contribution in [1.29, 1.82) is 0 Å². The Bertz CT molecular complexity index is 225. The lowest BCUT2D eigenvalue weighted by atomic mass is 10.1. The van der Waals surface area contributed by atoms with Crippen molar-refractivity contribution in [3.63, 3.8) is 0 Å². The zero-order chi connectivity index (χ0) is 15.8. The van der Waals surface area contributed by atoms with Crippen LogP contribution in [0.15, 0.2) is 0 Å². The van der Waals surface area contributed by atoms with Gasteiger partial charge in [-0.1, -0.05) is 27.7 Å². The van der Waals surface area contributed by atoms with Crippen LogP contribution in [0.5, 0.6) is 0 Å². The highest BCUT2D eigenvalue weighted by molar-refractivity contribution is 4.48. The third kappa shape index (κ3) is 17.7. The molecule has 0 amide bonds. The monoisotopic (exact) mass is 540 g/mol. The first-order chi connectivity index (χ1) is 9.04. The van der Waals surface area contributed by atoms with Crippen LogP contribution in [0.3, 0.4) is 0 Å². The summed E-state index contributed by atoms with van der Waals surface area (Å²) in [5.41, 5.74) is 0. The van der Waals surface area contributed by atoms with Gasteiger partial charge < -0.3 is 56.9 Å². The topological polar surface area (TPSA) is 0 Å². The molecule has 0 saturated heterocycles. The Morgan fingerprint density at radius 2 is 0.818 bits per heavy atom. The van der Waals surface area contributed by atoms with Gasteiger partial charge in [-0.05, 0) is 25.7 Å². The van der Waals surface area contributed by atoms with Crippen LogP contribution < -0.4 is 48.0 Å². The molecule has 0 bridgehead atoms. The highest BCUT2D eigenvalue weighted by Crippen LogP contribution is 2.11. The van der Waals surface area contributed by atoms with Crippen LogP contribution >= 0.6 is 0 Å². The average Bonchev–Trinajstić information content (AvgIpc) is 2.19. The lowest BCUT2D eigenvalue weighted by molar-refractivity contribution is -0.894. The molecule has 0 radical (unpaired) electrons. The maximum absolute atomic E-state index is 2.38. The van der Waals surface area contributed by atoms with Gasteiger partial charge in [-0.15, -0.1) is 0 Å². The van der Waals surface area contributed by atoms with E-state index in [4.69, 9.17) is 0 Å². The molecule has 0 atom stereocenters. The Morgan fingerprint density at radius 3 is 1.05 bits per heavy atom. The molecule has 0 spiro atoms. The summed E-state index contributed by atoms with van der Waals surface area (Å²) in [7, 11) is 9.51. The molecular weight excluding hydrogens is 498 g/mol. The third-order valence-electron chi connectivity index (χ3n) is 4.00. The fourth-order valence-electron chi connectivity index (χ4n) is 3.59. The molecule has 0 fully saturated rings. The molecule has 4 heteroatoms. The Kier molecular flexibility index (Phi) is 17.5. The average molecular weight is 540 g/mol. The predicted octanol–water partition coefficient (Wildman–Crippen LogP) is -1.98. The van der Waals surface area contributed by atoms with Crippen molar-refractivity contribution in [1.82, 2.24) is 0 Å². The van der Waals surface area contributed by atoms with Crippen molar-refractivity contribution in [2.75, 3.05) is 54.4 Å². The van der Waals surface area contributed by atoms with E-state index in [1.807, 2.05) is 0 Å². The second-order valence-corrected chi connectivity index (χ2v) is 8.89. The molecule has 2 nitrogen and oxygen atoms in total.